The van der Waals surface area contributed by atoms with E-state index in [0.717, 1.165) is 19.4 Å². The van der Waals surface area contributed by atoms with Crippen molar-refractivity contribution in [2.75, 3.05) is 23.7 Å². The smallest absolute Gasteiger partial charge is 0.292 e. The standard InChI is InChI=1S/C14H18N4O3/c19-14-7-9-6-13(18(20)21)12(8-11(9)17-14)16-5-3-10-2-1-4-15-10/h6,8,10,15-16H,1-5,7H2,(H,17,19). The maximum atomic E-state index is 11.4. The molecule has 1 aromatic carbocycles. The van der Waals surface area contributed by atoms with Crippen LogP contribution in [0.15, 0.2) is 12.1 Å². The van der Waals surface area contributed by atoms with Crippen LogP contribution in [0.2, 0.25) is 0 Å². The van der Waals surface area contributed by atoms with Crippen LogP contribution in [0, 0.1) is 10.1 Å². The molecular formula is C14H18N4O3. The summed E-state index contributed by atoms with van der Waals surface area (Å²) < 4.78 is 0. The quantitative estimate of drug-likeness (QED) is 0.566. The Hall–Kier alpha value is -2.15. The van der Waals surface area contributed by atoms with Crippen molar-refractivity contribution in [3.63, 3.8) is 0 Å². The Morgan fingerprint density at radius 3 is 3.00 bits per heavy atom. The molecule has 7 nitrogen and oxygen atoms in total. The largest absolute Gasteiger partial charge is 0.379 e. The lowest BCUT2D eigenvalue weighted by Gasteiger charge is -2.12. The Labute approximate surface area is 122 Å². The molecule has 7 heteroatoms. The summed E-state index contributed by atoms with van der Waals surface area (Å²) >= 11 is 0. The summed E-state index contributed by atoms with van der Waals surface area (Å²) in [6.45, 7) is 1.72. The minimum absolute atomic E-state index is 0.0321. The third-order valence-electron chi connectivity index (χ3n) is 4.01. The van der Waals surface area contributed by atoms with Gasteiger partial charge in [-0.2, -0.15) is 0 Å². The first-order valence-corrected chi connectivity index (χ1v) is 7.22. The molecule has 2 aliphatic rings. The van der Waals surface area contributed by atoms with Crippen LogP contribution in [0.3, 0.4) is 0 Å². The number of amides is 1. The Morgan fingerprint density at radius 2 is 2.29 bits per heavy atom. The lowest BCUT2D eigenvalue weighted by molar-refractivity contribution is -0.384. The average Bonchev–Trinajstić information content (AvgIpc) is 3.05. The molecule has 2 heterocycles. The molecule has 1 atom stereocenters. The van der Waals surface area contributed by atoms with E-state index >= 15 is 0 Å². The lowest BCUT2D eigenvalue weighted by atomic mass is 10.1. The number of carbonyl (C=O) groups is 1. The predicted molar refractivity (Wildman–Crippen MR) is 79.6 cm³/mol. The number of rotatable bonds is 5. The molecule has 2 aliphatic heterocycles. The van der Waals surface area contributed by atoms with E-state index in [1.54, 1.807) is 6.07 Å². The topological polar surface area (TPSA) is 96.3 Å². The molecule has 112 valence electrons. The van der Waals surface area contributed by atoms with Crippen molar-refractivity contribution in [1.82, 2.24) is 5.32 Å². The van der Waals surface area contributed by atoms with E-state index in [4.69, 9.17) is 0 Å². The monoisotopic (exact) mass is 290 g/mol. The second-order valence-corrected chi connectivity index (χ2v) is 5.52. The minimum atomic E-state index is -0.404. The number of anilines is 2. The molecule has 1 aromatic rings. The van der Waals surface area contributed by atoms with Gasteiger partial charge in [-0.25, -0.2) is 0 Å². The maximum Gasteiger partial charge on any atom is 0.292 e. The Kier molecular flexibility index (Phi) is 3.74. The van der Waals surface area contributed by atoms with Crippen LogP contribution in [-0.2, 0) is 11.2 Å². The zero-order chi connectivity index (χ0) is 14.8. The van der Waals surface area contributed by atoms with Crippen molar-refractivity contribution in [3.05, 3.63) is 27.8 Å². The summed E-state index contributed by atoms with van der Waals surface area (Å²) in [5, 5.41) is 20.4. The number of benzene rings is 1. The summed E-state index contributed by atoms with van der Waals surface area (Å²) in [6.07, 6.45) is 3.49. The van der Waals surface area contributed by atoms with E-state index in [1.165, 1.54) is 12.5 Å². The highest BCUT2D eigenvalue weighted by molar-refractivity contribution is 6.00. The summed E-state index contributed by atoms with van der Waals surface area (Å²) in [5.41, 5.74) is 1.87. The first-order valence-electron chi connectivity index (χ1n) is 7.22. The zero-order valence-electron chi connectivity index (χ0n) is 11.6. The fourth-order valence-corrected chi connectivity index (χ4v) is 2.94. The van der Waals surface area contributed by atoms with Gasteiger partial charge in [0.15, 0.2) is 0 Å². The molecule has 1 amide bonds. The molecule has 3 rings (SSSR count). The van der Waals surface area contributed by atoms with Gasteiger partial charge >= 0.3 is 0 Å². The SMILES string of the molecule is O=C1Cc2cc([N+](=O)[O-])c(NCCC3CCCN3)cc2N1. The van der Waals surface area contributed by atoms with Gasteiger partial charge in [0.2, 0.25) is 5.91 Å². The highest BCUT2D eigenvalue weighted by atomic mass is 16.6. The van der Waals surface area contributed by atoms with Gasteiger partial charge in [-0.05, 0) is 37.4 Å². The summed E-state index contributed by atoms with van der Waals surface area (Å²) in [4.78, 5) is 22.1. The van der Waals surface area contributed by atoms with Crippen molar-refractivity contribution in [2.45, 2.75) is 31.7 Å². The van der Waals surface area contributed by atoms with Crippen molar-refractivity contribution in [2.24, 2.45) is 0 Å². The zero-order valence-corrected chi connectivity index (χ0v) is 11.6. The number of carbonyl (C=O) groups excluding carboxylic acids is 1. The van der Waals surface area contributed by atoms with Crippen LogP contribution in [0.4, 0.5) is 17.1 Å². The number of fused-ring (bicyclic) bond motifs is 1. The van der Waals surface area contributed by atoms with Crippen LogP contribution in [0.5, 0.6) is 0 Å². The van der Waals surface area contributed by atoms with Gasteiger partial charge in [-0.15, -0.1) is 0 Å². The van der Waals surface area contributed by atoms with Crippen molar-refractivity contribution in [1.29, 1.82) is 0 Å². The van der Waals surface area contributed by atoms with E-state index in [1.807, 2.05) is 0 Å². The van der Waals surface area contributed by atoms with Crippen LogP contribution in [-0.4, -0.2) is 30.0 Å². The normalized spacial score (nSPS) is 20.2. The minimum Gasteiger partial charge on any atom is -0.379 e. The number of nitro groups is 1. The lowest BCUT2D eigenvalue weighted by Crippen LogP contribution is -2.24. The van der Waals surface area contributed by atoms with Crippen LogP contribution in [0.25, 0.3) is 0 Å². The Morgan fingerprint density at radius 1 is 1.43 bits per heavy atom. The summed E-state index contributed by atoms with van der Waals surface area (Å²) in [7, 11) is 0. The molecular weight excluding hydrogens is 272 g/mol. The number of hydrogen-bond acceptors (Lipinski definition) is 5. The number of nitrogens with one attached hydrogen (secondary N) is 3. The molecule has 21 heavy (non-hydrogen) atoms. The summed E-state index contributed by atoms with van der Waals surface area (Å²) in [5.74, 6) is -0.119. The fraction of sp³-hybridized carbons (Fsp3) is 0.500. The van der Waals surface area contributed by atoms with E-state index in [0.29, 0.717) is 29.5 Å². The van der Waals surface area contributed by atoms with Crippen LogP contribution < -0.4 is 16.0 Å². The first-order chi connectivity index (χ1) is 10.1. The second kappa shape index (κ2) is 5.69. The molecule has 0 bridgehead atoms. The van der Waals surface area contributed by atoms with E-state index in [-0.39, 0.29) is 18.0 Å². The Bertz CT molecular complexity index is 582. The van der Waals surface area contributed by atoms with Crippen LogP contribution >= 0.6 is 0 Å². The maximum absolute atomic E-state index is 11.4. The van der Waals surface area contributed by atoms with Gasteiger partial charge in [0.05, 0.1) is 11.3 Å². The molecule has 0 saturated carbocycles. The average molecular weight is 290 g/mol. The number of nitro benzene ring substituents is 1. The first kappa shape index (κ1) is 13.8. The number of nitrogens with zero attached hydrogens (tertiary/aromatic N) is 1. The van der Waals surface area contributed by atoms with E-state index in [9.17, 15) is 14.9 Å². The molecule has 0 aliphatic carbocycles. The molecule has 0 radical (unpaired) electrons. The van der Waals surface area contributed by atoms with Gasteiger partial charge in [-0.1, -0.05) is 0 Å². The molecule has 3 N–H and O–H groups in total. The molecule has 1 fully saturated rings. The molecule has 1 unspecified atom stereocenters. The molecule has 0 aromatic heterocycles. The van der Waals surface area contributed by atoms with Gasteiger partial charge < -0.3 is 16.0 Å². The second-order valence-electron chi connectivity index (χ2n) is 5.52. The summed E-state index contributed by atoms with van der Waals surface area (Å²) in [6, 6.07) is 3.65. The third-order valence-corrected chi connectivity index (χ3v) is 4.01. The molecule has 0 spiro atoms. The molecule has 1 saturated heterocycles. The highest BCUT2D eigenvalue weighted by Crippen LogP contribution is 2.34. The Balaban J connectivity index is 1.72. The van der Waals surface area contributed by atoms with Crippen molar-refractivity contribution < 1.29 is 9.72 Å². The van der Waals surface area contributed by atoms with Crippen molar-refractivity contribution in [3.8, 4) is 0 Å². The van der Waals surface area contributed by atoms with Gasteiger partial charge in [0.25, 0.3) is 5.69 Å². The fourth-order valence-electron chi connectivity index (χ4n) is 2.94. The van der Waals surface area contributed by atoms with Gasteiger partial charge in [-0.3, -0.25) is 14.9 Å². The highest BCUT2D eigenvalue weighted by Gasteiger charge is 2.24. The van der Waals surface area contributed by atoms with Crippen LogP contribution in [0.1, 0.15) is 24.8 Å². The van der Waals surface area contributed by atoms with Crippen molar-refractivity contribution >= 4 is 23.0 Å². The third kappa shape index (κ3) is 2.97. The van der Waals surface area contributed by atoms with E-state index < -0.39 is 4.92 Å². The predicted octanol–water partition coefficient (Wildman–Crippen LogP) is 1.64. The van der Waals surface area contributed by atoms with Gasteiger partial charge in [0, 0.05) is 24.3 Å². The van der Waals surface area contributed by atoms with Gasteiger partial charge in [0.1, 0.15) is 5.69 Å². The number of hydrogen-bond donors (Lipinski definition) is 3. The van der Waals surface area contributed by atoms with E-state index in [2.05, 4.69) is 16.0 Å².